The van der Waals surface area contributed by atoms with Crippen LogP contribution >= 0.6 is 0 Å². The van der Waals surface area contributed by atoms with Gasteiger partial charge in [-0.2, -0.15) is 0 Å². The Labute approximate surface area is 228 Å². The first-order valence-corrected chi connectivity index (χ1v) is 15.2. The SMILES string of the molecule is CC.CC.CC1=[N+](C)c2ccc(C)cc2C12CCCC2.CC1=[N+](C)c2ccc(C)cc2C12CCCCC2. The molecule has 37 heavy (non-hydrogen) atoms. The lowest BCUT2D eigenvalue weighted by molar-refractivity contribution is -0.403. The fourth-order valence-corrected chi connectivity index (χ4v) is 7.44. The van der Waals surface area contributed by atoms with Crippen LogP contribution in [-0.2, 0) is 10.8 Å². The molecule has 202 valence electrons. The predicted octanol–water partition coefficient (Wildman–Crippen LogP) is 9.55. The van der Waals surface area contributed by atoms with Gasteiger partial charge in [0.2, 0.25) is 11.4 Å². The number of fused-ring (bicyclic) bond motifs is 4. The zero-order valence-electron chi connectivity index (χ0n) is 25.7. The summed E-state index contributed by atoms with van der Waals surface area (Å²) in [4.78, 5) is 0. The van der Waals surface area contributed by atoms with Crippen molar-refractivity contribution in [3.8, 4) is 0 Å². The Morgan fingerprint density at radius 1 is 0.514 bits per heavy atom. The minimum atomic E-state index is 0.369. The zero-order valence-corrected chi connectivity index (χ0v) is 25.7. The summed E-state index contributed by atoms with van der Waals surface area (Å²) in [6, 6.07) is 13.9. The second-order valence-corrected chi connectivity index (χ2v) is 11.3. The van der Waals surface area contributed by atoms with Crippen molar-refractivity contribution in [3.63, 3.8) is 0 Å². The van der Waals surface area contributed by atoms with Crippen LogP contribution in [0.2, 0.25) is 0 Å². The van der Waals surface area contributed by atoms with Crippen LogP contribution in [0.15, 0.2) is 36.4 Å². The molecular weight excluding hydrogens is 448 g/mol. The molecule has 0 unspecified atom stereocenters. The monoisotopic (exact) mass is 502 g/mol. The van der Waals surface area contributed by atoms with Crippen LogP contribution in [0.3, 0.4) is 0 Å². The van der Waals surface area contributed by atoms with Gasteiger partial charge in [0.25, 0.3) is 0 Å². The summed E-state index contributed by atoms with van der Waals surface area (Å²) >= 11 is 0. The van der Waals surface area contributed by atoms with Crippen LogP contribution in [0, 0.1) is 13.8 Å². The summed E-state index contributed by atoms with van der Waals surface area (Å²) in [6.07, 6.45) is 12.4. The third-order valence-corrected chi connectivity index (χ3v) is 9.61. The summed E-state index contributed by atoms with van der Waals surface area (Å²) in [6.45, 7) is 17.1. The maximum atomic E-state index is 2.42. The Morgan fingerprint density at radius 2 is 0.838 bits per heavy atom. The van der Waals surface area contributed by atoms with Crippen LogP contribution in [-0.4, -0.2) is 34.7 Å². The highest BCUT2D eigenvalue weighted by molar-refractivity contribution is 5.95. The van der Waals surface area contributed by atoms with Gasteiger partial charge in [-0.15, -0.1) is 0 Å². The lowest BCUT2D eigenvalue weighted by Crippen LogP contribution is -2.35. The topological polar surface area (TPSA) is 6.02 Å². The predicted molar refractivity (Wildman–Crippen MR) is 163 cm³/mol. The molecule has 0 atom stereocenters. The van der Waals surface area contributed by atoms with E-state index < -0.39 is 0 Å². The van der Waals surface area contributed by atoms with E-state index >= 15 is 0 Å². The molecule has 2 spiro atoms. The third-order valence-electron chi connectivity index (χ3n) is 9.61. The van der Waals surface area contributed by atoms with Gasteiger partial charge in [-0.1, -0.05) is 83.1 Å². The minimum Gasteiger partial charge on any atom is -0.202 e. The Morgan fingerprint density at radius 3 is 1.19 bits per heavy atom. The summed E-state index contributed by atoms with van der Waals surface area (Å²) in [7, 11) is 4.45. The first kappa shape index (κ1) is 29.3. The Balaban J connectivity index is 0.000000182. The number of benzene rings is 2. The first-order valence-electron chi connectivity index (χ1n) is 15.2. The molecule has 2 heterocycles. The van der Waals surface area contributed by atoms with Crippen molar-refractivity contribution in [2.24, 2.45) is 0 Å². The van der Waals surface area contributed by atoms with E-state index in [9.17, 15) is 0 Å². The molecule has 0 radical (unpaired) electrons. The van der Waals surface area contributed by atoms with E-state index in [1.807, 2.05) is 27.7 Å². The van der Waals surface area contributed by atoms with Gasteiger partial charge in [-0.3, -0.25) is 0 Å². The van der Waals surface area contributed by atoms with Gasteiger partial charge in [0.15, 0.2) is 11.4 Å². The van der Waals surface area contributed by atoms with E-state index in [0.717, 1.165) is 0 Å². The fraction of sp³-hybridized carbons (Fsp3) is 0.600. The third kappa shape index (κ3) is 4.98. The second-order valence-electron chi connectivity index (χ2n) is 11.3. The highest BCUT2D eigenvalue weighted by Gasteiger charge is 2.50. The molecule has 2 aromatic carbocycles. The first-order chi connectivity index (χ1) is 17.8. The average Bonchev–Trinajstić information content (AvgIpc) is 3.56. The average molecular weight is 503 g/mol. The van der Waals surface area contributed by atoms with Gasteiger partial charge >= 0.3 is 0 Å². The number of nitrogens with zero attached hydrogens (tertiary/aromatic N) is 2. The minimum absolute atomic E-state index is 0.369. The van der Waals surface area contributed by atoms with Crippen molar-refractivity contribution in [1.82, 2.24) is 0 Å². The molecule has 0 bridgehead atoms. The molecule has 0 N–H and O–H groups in total. The standard InChI is InChI=1S/C16H22N.C15H20N.2C2H6/c1-12-7-8-15-14(11-12)16(13(2)17(15)3)9-5-4-6-10-16;1-11-6-7-14-13(10-11)15(8-4-5-9-15)12(2)16(14)3;2*1-2/h7-8,11H,4-6,9-10H2,1-3H3;6-7,10H,4-5,8-9H2,1-3H3;2*1-2H3/q2*+1;;. The van der Waals surface area contributed by atoms with Gasteiger partial charge < -0.3 is 0 Å². The quantitative estimate of drug-likeness (QED) is 0.316. The fourth-order valence-electron chi connectivity index (χ4n) is 7.44. The molecule has 2 aliphatic carbocycles. The van der Waals surface area contributed by atoms with Gasteiger partial charge in [0, 0.05) is 37.1 Å². The lowest BCUT2D eigenvalue weighted by atomic mass is 9.67. The van der Waals surface area contributed by atoms with Gasteiger partial charge in [-0.05, 0) is 51.7 Å². The zero-order chi connectivity index (χ0) is 27.4. The molecule has 2 aromatic rings. The van der Waals surface area contributed by atoms with E-state index in [4.69, 9.17) is 0 Å². The van der Waals surface area contributed by atoms with Crippen molar-refractivity contribution in [3.05, 3.63) is 58.7 Å². The van der Waals surface area contributed by atoms with Crippen molar-refractivity contribution < 1.29 is 9.15 Å². The molecule has 0 saturated heterocycles. The highest BCUT2D eigenvalue weighted by Crippen LogP contribution is 2.50. The molecular formula is C35H54N2+2. The van der Waals surface area contributed by atoms with Crippen LogP contribution in [0.4, 0.5) is 11.4 Å². The number of hydrogen-bond donors (Lipinski definition) is 0. The Hall–Kier alpha value is -2.22. The van der Waals surface area contributed by atoms with Crippen molar-refractivity contribution in [2.45, 2.75) is 124 Å². The van der Waals surface area contributed by atoms with Crippen molar-refractivity contribution in [2.75, 3.05) is 14.1 Å². The maximum absolute atomic E-state index is 2.42. The summed E-state index contributed by atoms with van der Waals surface area (Å²) < 4.78 is 4.82. The highest BCUT2D eigenvalue weighted by atomic mass is 15.0. The molecule has 2 aliphatic heterocycles. The van der Waals surface area contributed by atoms with Crippen LogP contribution in [0.25, 0.3) is 0 Å². The van der Waals surface area contributed by atoms with E-state index in [1.165, 1.54) is 80.3 Å². The van der Waals surface area contributed by atoms with Crippen LogP contribution in [0.5, 0.6) is 0 Å². The van der Waals surface area contributed by atoms with Crippen molar-refractivity contribution in [1.29, 1.82) is 0 Å². The van der Waals surface area contributed by atoms with E-state index in [2.05, 4.69) is 87.3 Å². The second kappa shape index (κ2) is 12.1. The van der Waals surface area contributed by atoms with Crippen LogP contribution < -0.4 is 0 Å². The molecule has 2 fully saturated rings. The van der Waals surface area contributed by atoms with E-state index in [0.29, 0.717) is 10.8 Å². The molecule has 0 amide bonds. The smallest absolute Gasteiger partial charge is 0.202 e. The maximum Gasteiger partial charge on any atom is 0.209 e. The lowest BCUT2D eigenvalue weighted by Gasteiger charge is -2.31. The van der Waals surface area contributed by atoms with E-state index in [1.54, 1.807) is 22.6 Å². The number of aryl methyl sites for hydroxylation is 2. The molecule has 0 aromatic heterocycles. The molecule has 6 rings (SSSR count). The Bertz CT molecular complexity index is 1150. The summed E-state index contributed by atoms with van der Waals surface area (Å²) in [5.74, 6) is 0. The van der Waals surface area contributed by atoms with Gasteiger partial charge in [0.1, 0.15) is 14.1 Å². The van der Waals surface area contributed by atoms with Crippen LogP contribution in [0.1, 0.15) is 122 Å². The summed E-state index contributed by atoms with van der Waals surface area (Å²) in [5.41, 5.74) is 12.7. The molecule has 2 heteroatoms. The molecule has 2 nitrogen and oxygen atoms in total. The largest absolute Gasteiger partial charge is 0.209 e. The van der Waals surface area contributed by atoms with E-state index in [-0.39, 0.29) is 0 Å². The Kier molecular flexibility index (Phi) is 9.59. The van der Waals surface area contributed by atoms with Gasteiger partial charge in [-0.25, -0.2) is 9.15 Å². The number of rotatable bonds is 0. The van der Waals surface area contributed by atoms with Crippen molar-refractivity contribution >= 4 is 22.8 Å². The normalized spacial score (nSPS) is 19.9. The van der Waals surface area contributed by atoms with Gasteiger partial charge in [0.05, 0.1) is 10.8 Å². The molecule has 2 saturated carbocycles. The number of hydrogen-bond acceptors (Lipinski definition) is 0. The summed E-state index contributed by atoms with van der Waals surface area (Å²) in [5, 5.41) is 0. The molecule has 4 aliphatic rings.